The molecule has 0 aromatic heterocycles. The van der Waals surface area contributed by atoms with Gasteiger partial charge in [0.15, 0.2) is 5.78 Å². The van der Waals surface area contributed by atoms with Crippen LogP contribution in [0.4, 0.5) is 5.69 Å². The van der Waals surface area contributed by atoms with E-state index < -0.39 is 0 Å². The minimum atomic E-state index is -0.0179. The quantitative estimate of drug-likeness (QED) is 0.740. The van der Waals surface area contributed by atoms with Gasteiger partial charge in [0.05, 0.1) is 11.7 Å². The maximum Gasteiger partial charge on any atom is 0.159 e. The van der Waals surface area contributed by atoms with Gasteiger partial charge in [-0.05, 0) is 32.0 Å². The number of ether oxygens (including phenoxy) is 1. The summed E-state index contributed by atoms with van der Waals surface area (Å²) in [6.07, 6.45) is -0.0179. The first-order chi connectivity index (χ1) is 7.61. The van der Waals surface area contributed by atoms with Crippen LogP contribution in [0.15, 0.2) is 18.2 Å². The first kappa shape index (κ1) is 11.0. The van der Waals surface area contributed by atoms with Gasteiger partial charge in [-0.25, -0.2) is 0 Å². The Kier molecular flexibility index (Phi) is 2.83. The summed E-state index contributed by atoms with van der Waals surface area (Å²) >= 11 is 0. The second kappa shape index (κ2) is 4.14. The average molecular weight is 220 g/mol. The zero-order valence-electron chi connectivity index (χ0n) is 9.49. The molecule has 0 aliphatic carbocycles. The molecule has 2 rings (SSSR count). The molecule has 0 bridgehead atoms. The molecule has 1 heterocycles. The number of carbonyl (C=O) groups is 1. The van der Waals surface area contributed by atoms with E-state index in [-0.39, 0.29) is 17.9 Å². The number of hydrogen-bond donors (Lipinski definition) is 2. The highest BCUT2D eigenvalue weighted by Gasteiger charge is 2.25. The molecule has 0 saturated heterocycles. The molecule has 4 nitrogen and oxygen atoms in total. The van der Waals surface area contributed by atoms with Crippen molar-refractivity contribution in [1.29, 1.82) is 0 Å². The molecule has 16 heavy (non-hydrogen) atoms. The van der Waals surface area contributed by atoms with Crippen molar-refractivity contribution in [2.45, 2.75) is 26.0 Å². The number of ketones is 1. The molecule has 1 aliphatic heterocycles. The van der Waals surface area contributed by atoms with Gasteiger partial charge in [0.25, 0.3) is 0 Å². The molecule has 0 spiro atoms. The van der Waals surface area contributed by atoms with Crippen LogP contribution in [0.3, 0.4) is 0 Å². The molecule has 0 radical (unpaired) electrons. The zero-order valence-corrected chi connectivity index (χ0v) is 9.49. The Bertz CT molecular complexity index is 417. The van der Waals surface area contributed by atoms with Crippen molar-refractivity contribution in [1.82, 2.24) is 0 Å². The lowest BCUT2D eigenvalue weighted by Gasteiger charge is -2.32. The Labute approximate surface area is 94.8 Å². The number of carbonyl (C=O) groups excluding carboxylic acids is 1. The molecule has 1 aliphatic rings. The van der Waals surface area contributed by atoms with Gasteiger partial charge in [0, 0.05) is 12.1 Å². The third-order valence-electron chi connectivity index (χ3n) is 2.84. The van der Waals surface area contributed by atoms with E-state index in [0.29, 0.717) is 12.1 Å². The van der Waals surface area contributed by atoms with E-state index >= 15 is 0 Å². The molecule has 1 aromatic carbocycles. The van der Waals surface area contributed by atoms with Crippen molar-refractivity contribution < 1.29 is 9.53 Å². The maximum atomic E-state index is 11.2. The largest absolute Gasteiger partial charge is 0.485 e. The van der Waals surface area contributed by atoms with Gasteiger partial charge >= 0.3 is 0 Å². The van der Waals surface area contributed by atoms with E-state index in [2.05, 4.69) is 5.32 Å². The summed E-state index contributed by atoms with van der Waals surface area (Å²) in [5.41, 5.74) is 7.16. The lowest BCUT2D eigenvalue weighted by atomic mass is 10.1. The molecule has 4 heteroatoms. The number of hydrogen-bond acceptors (Lipinski definition) is 4. The molecular formula is C12H16N2O2. The van der Waals surface area contributed by atoms with Crippen LogP contribution in [0, 0.1) is 0 Å². The van der Waals surface area contributed by atoms with Crippen molar-refractivity contribution in [3.63, 3.8) is 0 Å². The van der Waals surface area contributed by atoms with Crippen LogP contribution in [0.5, 0.6) is 5.75 Å². The van der Waals surface area contributed by atoms with Crippen molar-refractivity contribution in [2.24, 2.45) is 5.73 Å². The second-order valence-electron chi connectivity index (χ2n) is 4.09. The van der Waals surface area contributed by atoms with Crippen molar-refractivity contribution >= 4 is 11.5 Å². The summed E-state index contributed by atoms with van der Waals surface area (Å²) in [7, 11) is 0. The molecule has 0 saturated carbocycles. The molecule has 1 aromatic rings. The fourth-order valence-corrected chi connectivity index (χ4v) is 1.82. The molecule has 0 fully saturated rings. The Morgan fingerprint density at radius 1 is 1.56 bits per heavy atom. The molecule has 3 N–H and O–H groups in total. The summed E-state index contributed by atoms with van der Waals surface area (Å²) in [5.74, 6) is 0.816. The number of anilines is 1. The zero-order chi connectivity index (χ0) is 11.7. The second-order valence-corrected chi connectivity index (χ2v) is 4.09. The number of nitrogens with one attached hydrogen (secondary N) is 1. The number of Topliss-reactive ketones (excluding diaryl/α,β-unsaturated/α-hetero) is 1. The van der Waals surface area contributed by atoms with Crippen molar-refractivity contribution in [2.75, 3.05) is 11.9 Å². The monoisotopic (exact) mass is 220 g/mol. The predicted molar refractivity (Wildman–Crippen MR) is 63.0 cm³/mol. The fraction of sp³-hybridized carbons (Fsp3) is 0.417. The predicted octanol–water partition coefficient (Wildman–Crippen LogP) is 1.41. The molecule has 86 valence electrons. The van der Waals surface area contributed by atoms with E-state index in [9.17, 15) is 4.79 Å². The van der Waals surface area contributed by atoms with Gasteiger partial charge in [-0.3, -0.25) is 4.79 Å². The highest BCUT2D eigenvalue weighted by molar-refractivity contribution is 5.95. The lowest BCUT2D eigenvalue weighted by molar-refractivity contribution is 0.101. The van der Waals surface area contributed by atoms with Crippen LogP contribution in [0.25, 0.3) is 0 Å². The Balaban J connectivity index is 2.32. The lowest BCUT2D eigenvalue weighted by Crippen LogP contribution is -2.44. The minimum absolute atomic E-state index is 0.0179. The van der Waals surface area contributed by atoms with Crippen LogP contribution in [-0.2, 0) is 0 Å². The van der Waals surface area contributed by atoms with Crippen LogP contribution < -0.4 is 15.8 Å². The summed E-state index contributed by atoms with van der Waals surface area (Å²) < 4.78 is 5.73. The summed E-state index contributed by atoms with van der Waals surface area (Å²) in [6.45, 7) is 4.04. The Morgan fingerprint density at radius 3 is 2.94 bits per heavy atom. The van der Waals surface area contributed by atoms with Crippen LogP contribution >= 0.6 is 0 Å². The van der Waals surface area contributed by atoms with Gasteiger partial charge < -0.3 is 15.8 Å². The van der Waals surface area contributed by atoms with E-state index in [1.165, 1.54) is 0 Å². The normalized spacial score (nSPS) is 22.9. The maximum absolute atomic E-state index is 11.2. The average Bonchev–Trinajstić information content (AvgIpc) is 2.27. The summed E-state index contributed by atoms with van der Waals surface area (Å²) in [4.78, 5) is 11.2. The number of nitrogens with two attached hydrogens (primary N) is 1. The molecule has 2 atom stereocenters. The fourth-order valence-electron chi connectivity index (χ4n) is 1.82. The number of fused-ring (bicyclic) bond motifs is 1. The van der Waals surface area contributed by atoms with Gasteiger partial charge in [-0.2, -0.15) is 0 Å². The third kappa shape index (κ3) is 1.88. The van der Waals surface area contributed by atoms with Gasteiger partial charge in [-0.1, -0.05) is 0 Å². The Hall–Kier alpha value is -1.55. The van der Waals surface area contributed by atoms with Crippen LogP contribution in [0.2, 0.25) is 0 Å². The summed E-state index contributed by atoms with van der Waals surface area (Å²) in [6, 6.07) is 5.56. The van der Waals surface area contributed by atoms with Crippen LogP contribution in [-0.4, -0.2) is 24.5 Å². The number of rotatable bonds is 2. The van der Waals surface area contributed by atoms with E-state index in [4.69, 9.17) is 10.5 Å². The smallest absolute Gasteiger partial charge is 0.159 e. The molecule has 2 unspecified atom stereocenters. The first-order valence-corrected chi connectivity index (χ1v) is 5.40. The van der Waals surface area contributed by atoms with E-state index in [0.717, 1.165) is 11.4 Å². The van der Waals surface area contributed by atoms with Gasteiger partial charge in [0.2, 0.25) is 0 Å². The van der Waals surface area contributed by atoms with E-state index in [1.54, 1.807) is 13.0 Å². The Morgan fingerprint density at radius 2 is 2.31 bits per heavy atom. The summed E-state index contributed by atoms with van der Waals surface area (Å²) in [5, 5.41) is 3.30. The van der Waals surface area contributed by atoms with E-state index in [1.807, 2.05) is 19.1 Å². The van der Waals surface area contributed by atoms with Crippen molar-refractivity contribution in [3.05, 3.63) is 23.8 Å². The third-order valence-corrected chi connectivity index (χ3v) is 2.84. The highest BCUT2D eigenvalue weighted by atomic mass is 16.5. The van der Waals surface area contributed by atoms with Crippen LogP contribution in [0.1, 0.15) is 24.2 Å². The molecule has 0 amide bonds. The first-order valence-electron chi connectivity index (χ1n) is 5.40. The number of benzene rings is 1. The molecular weight excluding hydrogens is 204 g/mol. The van der Waals surface area contributed by atoms with Gasteiger partial charge in [-0.15, -0.1) is 0 Å². The highest BCUT2D eigenvalue weighted by Crippen LogP contribution is 2.32. The van der Waals surface area contributed by atoms with Gasteiger partial charge in [0.1, 0.15) is 11.9 Å². The SMILES string of the molecule is CC(=O)c1ccc2c(c1)NC(C)C(CN)O2. The van der Waals surface area contributed by atoms with Crippen molar-refractivity contribution in [3.8, 4) is 5.75 Å². The minimum Gasteiger partial charge on any atom is -0.485 e. The topological polar surface area (TPSA) is 64.4 Å². The standard InChI is InChI=1S/C12H16N2O2/c1-7-12(6-13)16-11-4-3-9(8(2)15)5-10(11)14-7/h3-5,7,12,14H,6,13H2,1-2H3.